The SMILES string of the molecule is COC(=O)CCCCCNC(=S)N(C)Cc1cc(Cl)ccc1OC. The van der Waals surface area contributed by atoms with Crippen LogP contribution >= 0.6 is 23.8 Å². The number of hydrogen-bond acceptors (Lipinski definition) is 4. The molecule has 0 unspecified atom stereocenters. The number of halogens is 1. The van der Waals surface area contributed by atoms with Gasteiger partial charge in [0.1, 0.15) is 5.75 Å². The molecule has 134 valence electrons. The number of thiocarbonyl (C=S) groups is 1. The Labute approximate surface area is 154 Å². The summed E-state index contributed by atoms with van der Waals surface area (Å²) in [5, 5.41) is 4.57. The molecule has 1 aromatic carbocycles. The van der Waals surface area contributed by atoms with E-state index in [9.17, 15) is 4.79 Å². The normalized spacial score (nSPS) is 10.2. The number of rotatable bonds is 9. The zero-order valence-electron chi connectivity index (χ0n) is 14.4. The third kappa shape index (κ3) is 7.36. The van der Waals surface area contributed by atoms with Gasteiger partial charge in [0.15, 0.2) is 5.11 Å². The molecule has 1 rings (SSSR count). The maximum absolute atomic E-state index is 11.0. The number of nitrogens with one attached hydrogen (secondary N) is 1. The fourth-order valence-electron chi connectivity index (χ4n) is 2.20. The smallest absolute Gasteiger partial charge is 0.305 e. The van der Waals surface area contributed by atoms with Crippen molar-refractivity contribution in [1.82, 2.24) is 10.2 Å². The predicted octanol–water partition coefficient (Wildman–Crippen LogP) is 3.39. The summed E-state index contributed by atoms with van der Waals surface area (Å²) in [5.74, 6) is 0.630. The van der Waals surface area contributed by atoms with Gasteiger partial charge < -0.3 is 19.7 Å². The summed E-state index contributed by atoms with van der Waals surface area (Å²) in [6, 6.07) is 5.53. The molecule has 0 aliphatic rings. The first kappa shape index (κ1) is 20.5. The molecule has 0 atom stereocenters. The molecule has 0 amide bonds. The van der Waals surface area contributed by atoms with Gasteiger partial charge in [-0.3, -0.25) is 4.79 Å². The van der Waals surface area contributed by atoms with Gasteiger partial charge >= 0.3 is 5.97 Å². The highest BCUT2D eigenvalue weighted by molar-refractivity contribution is 7.80. The van der Waals surface area contributed by atoms with Crippen LogP contribution in [0.3, 0.4) is 0 Å². The summed E-state index contributed by atoms with van der Waals surface area (Å²) in [4.78, 5) is 12.9. The van der Waals surface area contributed by atoms with E-state index in [0.717, 1.165) is 37.1 Å². The number of methoxy groups -OCH3 is 2. The number of nitrogens with zero attached hydrogens (tertiary/aromatic N) is 1. The summed E-state index contributed by atoms with van der Waals surface area (Å²) in [7, 11) is 4.97. The van der Waals surface area contributed by atoms with Crippen LogP contribution in [-0.4, -0.2) is 43.8 Å². The number of carbonyl (C=O) groups excluding carboxylic acids is 1. The number of carbonyl (C=O) groups is 1. The fraction of sp³-hybridized carbons (Fsp3) is 0.529. The highest BCUT2D eigenvalue weighted by atomic mass is 35.5. The van der Waals surface area contributed by atoms with E-state index >= 15 is 0 Å². The van der Waals surface area contributed by atoms with Crippen molar-refractivity contribution in [2.24, 2.45) is 0 Å². The summed E-state index contributed by atoms with van der Waals surface area (Å²) in [5.41, 5.74) is 0.981. The lowest BCUT2D eigenvalue weighted by Gasteiger charge is -2.22. The second-order valence-corrected chi connectivity index (χ2v) is 6.25. The highest BCUT2D eigenvalue weighted by Crippen LogP contribution is 2.23. The topological polar surface area (TPSA) is 50.8 Å². The number of esters is 1. The average molecular weight is 373 g/mol. The van der Waals surface area contributed by atoms with E-state index in [-0.39, 0.29) is 5.97 Å². The summed E-state index contributed by atoms with van der Waals surface area (Å²) in [6.45, 7) is 1.38. The van der Waals surface area contributed by atoms with Gasteiger partial charge in [0, 0.05) is 37.1 Å². The van der Waals surface area contributed by atoms with Gasteiger partial charge in [-0.05, 0) is 43.3 Å². The Balaban J connectivity index is 2.33. The Morgan fingerprint density at radius 3 is 2.71 bits per heavy atom. The Morgan fingerprint density at radius 1 is 1.29 bits per heavy atom. The molecule has 0 saturated heterocycles. The van der Waals surface area contributed by atoms with Crippen LogP contribution in [0.1, 0.15) is 31.2 Å². The molecule has 1 N–H and O–H groups in total. The van der Waals surface area contributed by atoms with E-state index < -0.39 is 0 Å². The molecule has 1 aromatic rings. The molecule has 0 heterocycles. The van der Waals surface area contributed by atoms with Crippen LogP contribution in [0.4, 0.5) is 0 Å². The molecule has 0 bridgehead atoms. The van der Waals surface area contributed by atoms with E-state index in [1.807, 2.05) is 24.1 Å². The molecular weight excluding hydrogens is 348 g/mol. The summed E-state index contributed by atoms with van der Waals surface area (Å²) in [6.07, 6.45) is 3.20. The van der Waals surface area contributed by atoms with Gasteiger partial charge in [-0.2, -0.15) is 0 Å². The molecule has 0 saturated carbocycles. The second-order valence-electron chi connectivity index (χ2n) is 5.43. The second kappa shape index (κ2) is 11.1. The predicted molar refractivity (Wildman–Crippen MR) is 101 cm³/mol. The first-order chi connectivity index (χ1) is 11.5. The molecule has 0 spiro atoms. The van der Waals surface area contributed by atoms with E-state index in [1.54, 1.807) is 13.2 Å². The van der Waals surface area contributed by atoms with Crippen molar-refractivity contribution in [3.63, 3.8) is 0 Å². The number of unbranched alkanes of at least 4 members (excludes halogenated alkanes) is 2. The van der Waals surface area contributed by atoms with Gasteiger partial charge in [-0.25, -0.2) is 0 Å². The lowest BCUT2D eigenvalue weighted by atomic mass is 10.2. The Hall–Kier alpha value is -1.53. The standard InChI is InChI=1S/C17H25ClN2O3S/c1-20(12-13-11-14(18)8-9-15(13)22-2)17(24)19-10-6-4-5-7-16(21)23-3/h8-9,11H,4-7,10,12H2,1-3H3,(H,19,24). The fourth-order valence-corrected chi connectivity index (χ4v) is 2.56. The minimum Gasteiger partial charge on any atom is -0.496 e. The summed E-state index contributed by atoms with van der Waals surface area (Å²) < 4.78 is 9.96. The van der Waals surface area contributed by atoms with Crippen LogP contribution in [0, 0.1) is 0 Å². The van der Waals surface area contributed by atoms with Gasteiger partial charge in [0.2, 0.25) is 0 Å². The van der Waals surface area contributed by atoms with Crippen molar-refractivity contribution < 1.29 is 14.3 Å². The maximum Gasteiger partial charge on any atom is 0.305 e. The van der Waals surface area contributed by atoms with E-state index in [2.05, 4.69) is 10.1 Å². The van der Waals surface area contributed by atoms with Gasteiger partial charge in [-0.15, -0.1) is 0 Å². The number of hydrogen-bond donors (Lipinski definition) is 1. The summed E-state index contributed by atoms with van der Waals surface area (Å²) >= 11 is 11.4. The van der Waals surface area contributed by atoms with Gasteiger partial charge in [-0.1, -0.05) is 18.0 Å². The van der Waals surface area contributed by atoms with Crippen LogP contribution in [-0.2, 0) is 16.1 Å². The lowest BCUT2D eigenvalue weighted by Crippen LogP contribution is -2.37. The molecular formula is C17H25ClN2O3S. The molecule has 0 radical (unpaired) electrons. The first-order valence-electron chi connectivity index (χ1n) is 7.86. The minimum atomic E-state index is -0.159. The monoisotopic (exact) mass is 372 g/mol. The van der Waals surface area contributed by atoms with E-state index in [1.165, 1.54) is 7.11 Å². The Kier molecular flexibility index (Phi) is 9.49. The maximum atomic E-state index is 11.0. The van der Waals surface area contributed by atoms with Crippen LogP contribution in [0.15, 0.2) is 18.2 Å². The molecule has 24 heavy (non-hydrogen) atoms. The Bertz CT molecular complexity index is 555. The third-order valence-corrected chi connectivity index (χ3v) is 4.25. The number of benzene rings is 1. The minimum absolute atomic E-state index is 0.159. The van der Waals surface area contributed by atoms with Crippen LogP contribution < -0.4 is 10.1 Å². The molecule has 0 aromatic heterocycles. The lowest BCUT2D eigenvalue weighted by molar-refractivity contribution is -0.140. The van der Waals surface area contributed by atoms with Crippen molar-refractivity contribution >= 4 is 34.9 Å². The quantitative estimate of drug-likeness (QED) is 0.407. The van der Waals surface area contributed by atoms with Crippen LogP contribution in [0.2, 0.25) is 5.02 Å². The van der Waals surface area contributed by atoms with Crippen LogP contribution in [0.5, 0.6) is 5.75 Å². The van der Waals surface area contributed by atoms with Crippen molar-refractivity contribution in [3.8, 4) is 5.75 Å². The molecule has 0 aliphatic heterocycles. The van der Waals surface area contributed by atoms with Crippen molar-refractivity contribution in [2.45, 2.75) is 32.2 Å². The zero-order valence-corrected chi connectivity index (χ0v) is 16.0. The van der Waals surface area contributed by atoms with Crippen molar-refractivity contribution in [3.05, 3.63) is 28.8 Å². The molecule has 0 aliphatic carbocycles. The van der Waals surface area contributed by atoms with Gasteiger partial charge in [0.25, 0.3) is 0 Å². The third-order valence-electron chi connectivity index (χ3n) is 3.56. The van der Waals surface area contributed by atoms with E-state index in [0.29, 0.717) is 23.1 Å². The zero-order chi connectivity index (χ0) is 17.9. The first-order valence-corrected chi connectivity index (χ1v) is 8.64. The molecule has 0 fully saturated rings. The molecule has 5 nitrogen and oxygen atoms in total. The van der Waals surface area contributed by atoms with E-state index in [4.69, 9.17) is 28.6 Å². The largest absolute Gasteiger partial charge is 0.496 e. The average Bonchev–Trinajstić information content (AvgIpc) is 2.57. The van der Waals surface area contributed by atoms with Gasteiger partial charge in [0.05, 0.1) is 14.2 Å². The van der Waals surface area contributed by atoms with Crippen LogP contribution in [0.25, 0.3) is 0 Å². The molecule has 7 heteroatoms. The highest BCUT2D eigenvalue weighted by Gasteiger charge is 2.09. The number of ether oxygens (including phenoxy) is 2. The van der Waals surface area contributed by atoms with Crippen molar-refractivity contribution in [1.29, 1.82) is 0 Å². The Morgan fingerprint density at radius 2 is 2.04 bits per heavy atom. The van der Waals surface area contributed by atoms with Crippen molar-refractivity contribution in [2.75, 3.05) is 27.8 Å².